The summed E-state index contributed by atoms with van der Waals surface area (Å²) in [5.74, 6) is 0.671. The predicted octanol–water partition coefficient (Wildman–Crippen LogP) is 5.33. The molecular weight excluding hydrogens is 558 g/mol. The second-order valence-electron chi connectivity index (χ2n) is 7.08. The molecule has 2 aliphatic heterocycles. The van der Waals surface area contributed by atoms with Gasteiger partial charge in [0.15, 0.2) is 0 Å². The molecule has 0 saturated carbocycles. The summed E-state index contributed by atoms with van der Waals surface area (Å²) in [6.07, 6.45) is 3.97. The molecule has 0 N–H and O–H groups in total. The molecule has 2 heterocycles. The number of likely N-dealkylation sites (N-methyl/N-ethyl adjacent to an activating group) is 1. The Morgan fingerprint density at radius 1 is 1.19 bits per heavy atom. The number of halogens is 2. The van der Waals surface area contributed by atoms with E-state index in [1.165, 1.54) is 9.13 Å². The summed E-state index contributed by atoms with van der Waals surface area (Å²) >= 11 is 4.32. The molecule has 1 spiro atoms. The summed E-state index contributed by atoms with van der Waals surface area (Å²) in [5, 5.41) is 11.2. The molecule has 134 valence electrons. The zero-order valence-corrected chi connectivity index (χ0v) is 18.7. The van der Waals surface area contributed by atoms with E-state index in [1.807, 2.05) is 41.8 Å². The average molecular weight is 574 g/mol. The van der Waals surface area contributed by atoms with E-state index in [4.69, 9.17) is 4.74 Å². The van der Waals surface area contributed by atoms with E-state index in [0.717, 1.165) is 11.3 Å². The molecule has 7 heteroatoms. The lowest BCUT2D eigenvalue weighted by Crippen LogP contribution is -2.58. The first-order chi connectivity index (χ1) is 12.2. The van der Waals surface area contributed by atoms with Crippen molar-refractivity contribution in [2.24, 2.45) is 0 Å². The van der Waals surface area contributed by atoms with Gasteiger partial charge < -0.3 is 9.64 Å². The monoisotopic (exact) mass is 574 g/mol. The number of nitro benzene ring substituents is 1. The van der Waals surface area contributed by atoms with Crippen LogP contribution in [0, 0.1) is 17.3 Å². The van der Waals surface area contributed by atoms with Gasteiger partial charge in [-0.1, -0.05) is 0 Å². The Balaban J connectivity index is 1.87. The minimum Gasteiger partial charge on any atom is -0.463 e. The number of anilines is 1. The van der Waals surface area contributed by atoms with E-state index in [-0.39, 0.29) is 16.0 Å². The lowest BCUT2D eigenvalue weighted by atomic mass is 9.76. The van der Waals surface area contributed by atoms with Gasteiger partial charge in [-0.2, -0.15) is 0 Å². The molecule has 0 saturated heterocycles. The molecular formula is C19H16I2N2O3. The van der Waals surface area contributed by atoms with Gasteiger partial charge in [-0.3, -0.25) is 10.1 Å². The van der Waals surface area contributed by atoms with E-state index >= 15 is 0 Å². The largest absolute Gasteiger partial charge is 0.463 e. The highest BCUT2D eigenvalue weighted by molar-refractivity contribution is 14.1. The molecule has 2 aromatic rings. The van der Waals surface area contributed by atoms with Crippen LogP contribution in [0.2, 0.25) is 0 Å². The molecule has 0 aromatic heterocycles. The fraction of sp³-hybridized carbons (Fsp3) is 0.263. The van der Waals surface area contributed by atoms with Crippen LogP contribution in [0.1, 0.15) is 25.0 Å². The first-order valence-corrected chi connectivity index (χ1v) is 10.2. The van der Waals surface area contributed by atoms with Crippen molar-refractivity contribution in [1.82, 2.24) is 0 Å². The number of nitrogens with zero attached hydrogens (tertiary/aromatic N) is 2. The summed E-state index contributed by atoms with van der Waals surface area (Å²) < 4.78 is 8.31. The zero-order valence-electron chi connectivity index (χ0n) is 14.4. The highest BCUT2D eigenvalue weighted by atomic mass is 127. The van der Waals surface area contributed by atoms with E-state index in [2.05, 4.69) is 59.5 Å². The topological polar surface area (TPSA) is 55.6 Å². The lowest BCUT2D eigenvalue weighted by molar-refractivity contribution is -0.385. The van der Waals surface area contributed by atoms with Crippen molar-refractivity contribution in [1.29, 1.82) is 0 Å². The number of hydrogen-bond acceptors (Lipinski definition) is 4. The molecule has 2 aromatic carbocycles. The van der Waals surface area contributed by atoms with Crippen LogP contribution in [0.5, 0.6) is 5.75 Å². The smallest absolute Gasteiger partial charge is 0.283 e. The molecule has 0 bridgehead atoms. The van der Waals surface area contributed by atoms with Crippen LogP contribution in [0.25, 0.3) is 6.08 Å². The van der Waals surface area contributed by atoms with Gasteiger partial charge >= 0.3 is 0 Å². The Morgan fingerprint density at radius 3 is 2.62 bits per heavy atom. The van der Waals surface area contributed by atoms with Gasteiger partial charge in [0.25, 0.3) is 5.69 Å². The Kier molecular flexibility index (Phi) is 4.03. The van der Waals surface area contributed by atoms with Gasteiger partial charge in [0.2, 0.25) is 5.72 Å². The SMILES string of the molecule is CN1c2ccc(I)cc2C(C)(C)C12C=Cc1cc([N+](=O)[O-])c(I)cc1O2. The van der Waals surface area contributed by atoms with Gasteiger partial charge in [-0.05, 0) is 94.9 Å². The molecule has 0 fully saturated rings. The number of fused-ring (bicyclic) bond motifs is 2. The van der Waals surface area contributed by atoms with Crippen LogP contribution < -0.4 is 9.64 Å². The van der Waals surface area contributed by atoms with Crippen molar-refractivity contribution in [3.05, 3.63) is 64.8 Å². The van der Waals surface area contributed by atoms with E-state index < -0.39 is 5.72 Å². The molecule has 0 radical (unpaired) electrons. The third-order valence-electron chi connectivity index (χ3n) is 5.42. The minimum atomic E-state index is -0.675. The molecule has 1 unspecified atom stereocenters. The first kappa shape index (κ1) is 18.0. The predicted molar refractivity (Wildman–Crippen MR) is 119 cm³/mol. The molecule has 4 rings (SSSR count). The number of nitro groups is 1. The molecule has 0 amide bonds. The van der Waals surface area contributed by atoms with Gasteiger partial charge in [-0.15, -0.1) is 0 Å². The maximum atomic E-state index is 11.2. The van der Waals surface area contributed by atoms with Crippen LogP contribution >= 0.6 is 45.2 Å². The number of rotatable bonds is 1. The third kappa shape index (κ3) is 2.32. The maximum absolute atomic E-state index is 11.2. The van der Waals surface area contributed by atoms with Crippen LogP contribution in [0.15, 0.2) is 36.4 Å². The minimum absolute atomic E-state index is 0.102. The van der Waals surface area contributed by atoms with Crippen LogP contribution in [0.4, 0.5) is 11.4 Å². The lowest BCUT2D eigenvalue weighted by Gasteiger charge is -2.45. The van der Waals surface area contributed by atoms with Crippen LogP contribution in [-0.4, -0.2) is 17.7 Å². The van der Waals surface area contributed by atoms with Gasteiger partial charge in [-0.25, -0.2) is 0 Å². The third-order valence-corrected chi connectivity index (χ3v) is 6.95. The molecule has 26 heavy (non-hydrogen) atoms. The Labute approximate surface area is 178 Å². The van der Waals surface area contributed by atoms with E-state index in [0.29, 0.717) is 9.32 Å². The summed E-state index contributed by atoms with van der Waals surface area (Å²) in [6.45, 7) is 4.36. The van der Waals surface area contributed by atoms with E-state index in [9.17, 15) is 10.1 Å². The van der Waals surface area contributed by atoms with Crippen molar-refractivity contribution in [3.8, 4) is 5.75 Å². The maximum Gasteiger partial charge on any atom is 0.283 e. The average Bonchev–Trinajstić information content (AvgIpc) is 2.73. The Bertz CT molecular complexity index is 987. The molecule has 5 nitrogen and oxygen atoms in total. The Hall–Kier alpha value is -1.36. The van der Waals surface area contributed by atoms with Crippen molar-refractivity contribution < 1.29 is 9.66 Å². The first-order valence-electron chi connectivity index (χ1n) is 8.07. The summed E-state index contributed by atoms with van der Waals surface area (Å²) in [7, 11) is 2.03. The Morgan fingerprint density at radius 2 is 1.92 bits per heavy atom. The van der Waals surface area contributed by atoms with Crippen molar-refractivity contribution in [3.63, 3.8) is 0 Å². The molecule has 0 aliphatic carbocycles. The van der Waals surface area contributed by atoms with Gasteiger partial charge in [0.1, 0.15) is 5.75 Å². The van der Waals surface area contributed by atoms with Crippen molar-refractivity contribution >= 4 is 62.6 Å². The van der Waals surface area contributed by atoms with Gasteiger partial charge in [0, 0.05) is 34.0 Å². The highest BCUT2D eigenvalue weighted by Gasteiger charge is 2.57. The second-order valence-corrected chi connectivity index (χ2v) is 9.48. The van der Waals surface area contributed by atoms with Gasteiger partial charge in [0.05, 0.1) is 13.9 Å². The molecule has 2 aliphatic rings. The number of benzene rings is 2. The zero-order chi connectivity index (χ0) is 18.9. The van der Waals surface area contributed by atoms with Crippen molar-refractivity contribution in [2.45, 2.75) is 25.0 Å². The standard InChI is InChI=1S/C19H16I2N2O3/c1-18(2)13-9-12(20)4-5-15(13)22(3)19(18)7-6-11-8-16(23(24)25)14(21)10-17(11)26-19/h4-10H,1-3H3. The summed E-state index contributed by atoms with van der Waals surface area (Å²) in [5.41, 5.74) is 2.24. The normalized spacial score (nSPS) is 22.1. The van der Waals surface area contributed by atoms with Crippen LogP contribution in [0.3, 0.4) is 0 Å². The van der Waals surface area contributed by atoms with Crippen LogP contribution in [-0.2, 0) is 5.41 Å². The fourth-order valence-corrected chi connectivity index (χ4v) is 5.06. The molecule has 1 atom stereocenters. The second kappa shape index (κ2) is 5.82. The quantitative estimate of drug-likeness (QED) is 0.263. The van der Waals surface area contributed by atoms with E-state index in [1.54, 1.807) is 12.1 Å². The summed E-state index contributed by atoms with van der Waals surface area (Å²) in [6, 6.07) is 9.76. The summed E-state index contributed by atoms with van der Waals surface area (Å²) in [4.78, 5) is 13.0. The highest BCUT2D eigenvalue weighted by Crippen LogP contribution is 2.54. The number of ether oxygens (including phenoxy) is 1. The fourth-order valence-electron chi connectivity index (χ4n) is 3.93. The number of hydrogen-bond donors (Lipinski definition) is 0. The van der Waals surface area contributed by atoms with Crippen molar-refractivity contribution in [2.75, 3.05) is 11.9 Å².